The highest BCUT2D eigenvalue weighted by Crippen LogP contribution is 2.25. The Hall–Kier alpha value is -1.74. The molecule has 1 N–H and O–H groups in total. The van der Waals surface area contributed by atoms with Crippen molar-refractivity contribution in [2.45, 2.75) is 13.1 Å². The van der Waals surface area contributed by atoms with Crippen LogP contribution in [0.4, 0.5) is 0 Å². The van der Waals surface area contributed by atoms with Gasteiger partial charge in [-0.05, 0) is 29.3 Å². The van der Waals surface area contributed by atoms with Crippen molar-refractivity contribution in [3.63, 3.8) is 0 Å². The van der Waals surface area contributed by atoms with Crippen molar-refractivity contribution >= 4 is 34.1 Å². The molecule has 0 saturated heterocycles. The summed E-state index contributed by atoms with van der Waals surface area (Å²) in [6.45, 7) is 6.12. The number of nitrogens with zero attached hydrogens (tertiary/aromatic N) is 1. The van der Waals surface area contributed by atoms with Crippen molar-refractivity contribution in [1.29, 1.82) is 0 Å². The van der Waals surface area contributed by atoms with E-state index in [2.05, 4.69) is 46.9 Å². The molecule has 0 amide bonds. The fourth-order valence-corrected chi connectivity index (χ4v) is 3.06. The van der Waals surface area contributed by atoms with Gasteiger partial charge in [-0.2, -0.15) is 0 Å². The average Bonchev–Trinajstić information content (AvgIpc) is 2.90. The van der Waals surface area contributed by atoms with Gasteiger partial charge < -0.3 is 9.88 Å². The minimum atomic E-state index is 0.585. The minimum Gasteiger partial charge on any atom is -0.343 e. The summed E-state index contributed by atoms with van der Waals surface area (Å²) in [6.07, 6.45) is 4.07. The van der Waals surface area contributed by atoms with Gasteiger partial charge in [0.15, 0.2) is 0 Å². The molecule has 0 atom stereocenters. The first-order chi connectivity index (χ1) is 11.2. The second-order valence-electron chi connectivity index (χ2n) is 5.47. The van der Waals surface area contributed by atoms with Crippen molar-refractivity contribution in [3.8, 4) is 0 Å². The molecule has 0 unspecified atom stereocenters. The van der Waals surface area contributed by atoms with Gasteiger partial charge in [-0.25, -0.2) is 0 Å². The molecule has 0 aliphatic rings. The van der Waals surface area contributed by atoms with Crippen LogP contribution in [0.1, 0.15) is 11.1 Å². The molecule has 2 nitrogen and oxygen atoms in total. The first kappa shape index (κ1) is 16.1. The summed E-state index contributed by atoms with van der Waals surface area (Å²) >= 11 is 12.1. The van der Waals surface area contributed by atoms with Gasteiger partial charge in [0.25, 0.3) is 0 Å². The molecule has 3 rings (SSSR count). The number of benzene rings is 2. The average molecular weight is 345 g/mol. The Labute approximate surface area is 146 Å². The van der Waals surface area contributed by atoms with Crippen molar-refractivity contribution in [2.24, 2.45) is 0 Å². The molecule has 0 fully saturated rings. The molecule has 0 aliphatic carbocycles. The van der Waals surface area contributed by atoms with Crippen LogP contribution in [0.3, 0.4) is 0 Å². The van der Waals surface area contributed by atoms with Crippen LogP contribution in [-0.2, 0) is 13.1 Å². The van der Waals surface area contributed by atoms with E-state index in [-0.39, 0.29) is 0 Å². The van der Waals surface area contributed by atoms with Crippen molar-refractivity contribution in [3.05, 3.63) is 82.5 Å². The Morgan fingerprint density at radius 2 is 1.91 bits per heavy atom. The second kappa shape index (κ2) is 7.22. The van der Waals surface area contributed by atoms with Crippen LogP contribution in [0, 0.1) is 0 Å². The molecule has 23 heavy (non-hydrogen) atoms. The van der Waals surface area contributed by atoms with Gasteiger partial charge >= 0.3 is 0 Å². The fraction of sp³-hybridized carbons (Fsp3) is 0.158. The molecule has 0 saturated carbocycles. The quantitative estimate of drug-likeness (QED) is 0.476. The van der Waals surface area contributed by atoms with Crippen LogP contribution in [0.15, 0.2) is 61.3 Å². The zero-order chi connectivity index (χ0) is 16.2. The van der Waals surface area contributed by atoms with Crippen LogP contribution in [0.5, 0.6) is 0 Å². The predicted octanol–water partition coefficient (Wildman–Crippen LogP) is 5.27. The van der Waals surface area contributed by atoms with E-state index in [1.807, 2.05) is 24.3 Å². The number of halogens is 2. The molecule has 0 radical (unpaired) electrons. The second-order valence-corrected chi connectivity index (χ2v) is 6.28. The third-order valence-corrected chi connectivity index (χ3v) is 4.55. The minimum absolute atomic E-state index is 0.585. The summed E-state index contributed by atoms with van der Waals surface area (Å²) in [5, 5.41) is 5.81. The molecule has 0 aliphatic heterocycles. The van der Waals surface area contributed by atoms with E-state index in [0.717, 1.165) is 25.2 Å². The van der Waals surface area contributed by atoms with E-state index in [9.17, 15) is 0 Å². The molecule has 4 heteroatoms. The number of hydrogen-bond donors (Lipinski definition) is 1. The lowest BCUT2D eigenvalue weighted by atomic mass is 10.2. The Kier molecular flexibility index (Phi) is 5.06. The molecule has 0 spiro atoms. The topological polar surface area (TPSA) is 17.0 Å². The monoisotopic (exact) mass is 344 g/mol. The van der Waals surface area contributed by atoms with E-state index >= 15 is 0 Å². The van der Waals surface area contributed by atoms with Gasteiger partial charge in [0, 0.05) is 36.7 Å². The first-order valence-corrected chi connectivity index (χ1v) is 8.27. The smallest absolute Gasteiger partial charge is 0.0595 e. The number of para-hydroxylation sites is 1. The van der Waals surface area contributed by atoms with Gasteiger partial charge in [-0.15, -0.1) is 6.58 Å². The van der Waals surface area contributed by atoms with Crippen LogP contribution in [-0.4, -0.2) is 11.1 Å². The Balaban J connectivity index is 1.93. The molecule has 3 aromatic rings. The van der Waals surface area contributed by atoms with Gasteiger partial charge in [-0.1, -0.05) is 53.5 Å². The van der Waals surface area contributed by atoms with Gasteiger partial charge in [0.1, 0.15) is 0 Å². The molecule has 1 heterocycles. The summed E-state index contributed by atoms with van der Waals surface area (Å²) in [5.41, 5.74) is 3.63. The largest absolute Gasteiger partial charge is 0.343 e. The Morgan fingerprint density at radius 3 is 2.70 bits per heavy atom. The van der Waals surface area contributed by atoms with Crippen molar-refractivity contribution in [2.75, 3.05) is 6.54 Å². The SMILES string of the molecule is C=CCNCc1cn(Cc2ccc(Cl)c(Cl)c2)c2ccccc12. The van der Waals surface area contributed by atoms with E-state index in [1.165, 1.54) is 16.5 Å². The Morgan fingerprint density at radius 1 is 1.09 bits per heavy atom. The van der Waals surface area contributed by atoms with Crippen LogP contribution in [0.25, 0.3) is 10.9 Å². The highest BCUT2D eigenvalue weighted by Gasteiger charge is 2.09. The zero-order valence-electron chi connectivity index (χ0n) is 12.7. The lowest BCUT2D eigenvalue weighted by Gasteiger charge is -2.07. The molecular weight excluding hydrogens is 327 g/mol. The van der Waals surface area contributed by atoms with E-state index in [0.29, 0.717) is 10.0 Å². The van der Waals surface area contributed by atoms with Crippen molar-refractivity contribution in [1.82, 2.24) is 9.88 Å². The van der Waals surface area contributed by atoms with Crippen LogP contribution in [0.2, 0.25) is 10.0 Å². The lowest BCUT2D eigenvalue weighted by Crippen LogP contribution is -2.12. The normalized spacial score (nSPS) is 11.0. The van der Waals surface area contributed by atoms with E-state index in [4.69, 9.17) is 23.2 Å². The summed E-state index contributed by atoms with van der Waals surface area (Å²) in [6, 6.07) is 14.2. The number of rotatable bonds is 6. The van der Waals surface area contributed by atoms with Crippen LogP contribution >= 0.6 is 23.2 Å². The maximum Gasteiger partial charge on any atom is 0.0595 e. The highest BCUT2D eigenvalue weighted by atomic mass is 35.5. The number of aromatic nitrogens is 1. The third kappa shape index (κ3) is 3.61. The van der Waals surface area contributed by atoms with Crippen molar-refractivity contribution < 1.29 is 0 Å². The predicted molar refractivity (Wildman–Crippen MR) is 99.4 cm³/mol. The summed E-state index contributed by atoms with van der Waals surface area (Å²) in [5.74, 6) is 0. The summed E-state index contributed by atoms with van der Waals surface area (Å²) in [7, 11) is 0. The van der Waals surface area contributed by atoms with Gasteiger partial charge in [0.2, 0.25) is 0 Å². The molecule has 118 valence electrons. The number of nitrogens with one attached hydrogen (secondary N) is 1. The zero-order valence-corrected chi connectivity index (χ0v) is 14.2. The molecule has 2 aromatic carbocycles. The lowest BCUT2D eigenvalue weighted by molar-refractivity contribution is 0.754. The standard InChI is InChI=1S/C19H18Cl2N2/c1-2-9-22-11-15-13-23(19-6-4-3-5-16(15)19)12-14-7-8-17(20)18(21)10-14/h2-8,10,13,22H,1,9,11-12H2. The highest BCUT2D eigenvalue weighted by molar-refractivity contribution is 6.42. The fourth-order valence-electron chi connectivity index (χ4n) is 2.74. The number of hydrogen-bond acceptors (Lipinski definition) is 1. The number of fused-ring (bicyclic) bond motifs is 1. The molecule has 0 bridgehead atoms. The van der Waals surface area contributed by atoms with Gasteiger partial charge in [-0.3, -0.25) is 0 Å². The Bertz CT molecular complexity index is 837. The summed E-state index contributed by atoms with van der Waals surface area (Å²) in [4.78, 5) is 0. The molecule has 1 aromatic heterocycles. The van der Waals surface area contributed by atoms with E-state index in [1.54, 1.807) is 0 Å². The van der Waals surface area contributed by atoms with Gasteiger partial charge in [0.05, 0.1) is 10.0 Å². The molecular formula is C19H18Cl2N2. The van der Waals surface area contributed by atoms with Crippen LogP contribution < -0.4 is 5.32 Å². The maximum absolute atomic E-state index is 6.13. The van der Waals surface area contributed by atoms with E-state index < -0.39 is 0 Å². The third-order valence-electron chi connectivity index (χ3n) is 3.81. The first-order valence-electron chi connectivity index (χ1n) is 7.51. The summed E-state index contributed by atoms with van der Waals surface area (Å²) < 4.78 is 2.25. The maximum atomic E-state index is 6.13.